The normalized spacial score (nSPS) is 12.5. The van der Waals surface area contributed by atoms with Gasteiger partial charge in [0.25, 0.3) is 0 Å². The van der Waals surface area contributed by atoms with E-state index in [9.17, 15) is 4.79 Å². The molecule has 0 aliphatic rings. The average molecular weight is 235 g/mol. The first kappa shape index (κ1) is 11.5. The molecule has 14 heavy (non-hydrogen) atoms. The van der Waals surface area contributed by atoms with E-state index in [1.165, 1.54) is 11.3 Å². The summed E-state index contributed by atoms with van der Waals surface area (Å²) in [6.07, 6.45) is -0.242. The van der Waals surface area contributed by atoms with Crippen LogP contribution in [0, 0.1) is 0 Å². The fraction of sp³-hybridized carbons (Fsp3) is 0.444. The van der Waals surface area contributed by atoms with E-state index < -0.39 is 0 Å². The molecule has 0 saturated heterocycles. The predicted molar refractivity (Wildman–Crippen MR) is 56.1 cm³/mol. The SMILES string of the molecule is COC[C@@H](C)OC(=O)c1ccc(Cl)s1. The third-order valence-corrected chi connectivity index (χ3v) is 2.70. The highest BCUT2D eigenvalue weighted by molar-refractivity contribution is 7.17. The van der Waals surface area contributed by atoms with Gasteiger partial charge in [-0.25, -0.2) is 4.79 Å². The maximum absolute atomic E-state index is 11.4. The molecule has 5 heteroatoms. The Bertz CT molecular complexity index is 311. The number of rotatable bonds is 4. The lowest BCUT2D eigenvalue weighted by Gasteiger charge is -2.10. The third-order valence-electron chi connectivity index (χ3n) is 1.48. The first-order chi connectivity index (χ1) is 6.63. The van der Waals surface area contributed by atoms with Gasteiger partial charge in [-0.1, -0.05) is 11.6 Å². The molecule has 0 radical (unpaired) electrons. The van der Waals surface area contributed by atoms with Gasteiger partial charge in [0.05, 0.1) is 10.9 Å². The van der Waals surface area contributed by atoms with Gasteiger partial charge in [0.2, 0.25) is 0 Å². The Morgan fingerprint density at radius 2 is 2.36 bits per heavy atom. The van der Waals surface area contributed by atoms with Crippen LogP contribution < -0.4 is 0 Å². The van der Waals surface area contributed by atoms with Crippen molar-refractivity contribution >= 4 is 28.9 Å². The van der Waals surface area contributed by atoms with Crippen molar-refractivity contribution in [3.63, 3.8) is 0 Å². The Kier molecular flexibility index (Phi) is 4.38. The maximum atomic E-state index is 11.4. The molecule has 0 bridgehead atoms. The highest BCUT2D eigenvalue weighted by Crippen LogP contribution is 2.22. The molecule has 0 unspecified atom stereocenters. The van der Waals surface area contributed by atoms with Crippen LogP contribution in [-0.2, 0) is 9.47 Å². The standard InChI is InChI=1S/C9H11ClO3S/c1-6(5-12-2)13-9(11)7-3-4-8(10)14-7/h3-4,6H,5H2,1-2H3/t6-/m1/s1. The van der Waals surface area contributed by atoms with Crippen molar-refractivity contribution in [2.45, 2.75) is 13.0 Å². The van der Waals surface area contributed by atoms with Crippen LogP contribution in [0.15, 0.2) is 12.1 Å². The lowest BCUT2D eigenvalue weighted by molar-refractivity contribution is 0.0125. The number of esters is 1. The molecule has 0 amide bonds. The second kappa shape index (κ2) is 5.34. The summed E-state index contributed by atoms with van der Waals surface area (Å²) in [7, 11) is 1.56. The van der Waals surface area contributed by atoms with Crippen molar-refractivity contribution in [2.75, 3.05) is 13.7 Å². The zero-order valence-electron chi connectivity index (χ0n) is 7.95. The van der Waals surface area contributed by atoms with Gasteiger partial charge in [-0.05, 0) is 19.1 Å². The van der Waals surface area contributed by atoms with E-state index in [-0.39, 0.29) is 12.1 Å². The van der Waals surface area contributed by atoms with Gasteiger partial charge in [0.15, 0.2) is 0 Å². The number of hydrogen-bond donors (Lipinski definition) is 0. The summed E-state index contributed by atoms with van der Waals surface area (Å²) in [6, 6.07) is 3.32. The summed E-state index contributed by atoms with van der Waals surface area (Å²) >= 11 is 6.89. The molecule has 1 rings (SSSR count). The molecule has 1 atom stereocenters. The minimum absolute atomic E-state index is 0.242. The Morgan fingerprint density at radius 1 is 1.64 bits per heavy atom. The van der Waals surface area contributed by atoms with Gasteiger partial charge in [0, 0.05) is 7.11 Å². The number of ether oxygens (including phenoxy) is 2. The number of methoxy groups -OCH3 is 1. The smallest absolute Gasteiger partial charge is 0.348 e. The van der Waals surface area contributed by atoms with E-state index in [0.717, 1.165) is 0 Å². The summed E-state index contributed by atoms with van der Waals surface area (Å²) in [5, 5.41) is 0. The Hall–Kier alpha value is -0.580. The van der Waals surface area contributed by atoms with E-state index in [1.807, 2.05) is 0 Å². The van der Waals surface area contributed by atoms with Gasteiger partial charge in [0.1, 0.15) is 11.0 Å². The number of thiophene rings is 1. The third kappa shape index (κ3) is 3.29. The Morgan fingerprint density at radius 3 is 2.86 bits per heavy atom. The molecule has 1 aromatic rings. The molecule has 0 aromatic carbocycles. The monoisotopic (exact) mass is 234 g/mol. The van der Waals surface area contributed by atoms with Gasteiger partial charge in [-0.3, -0.25) is 0 Å². The van der Waals surface area contributed by atoms with Crippen molar-refractivity contribution in [2.24, 2.45) is 0 Å². The fourth-order valence-corrected chi connectivity index (χ4v) is 1.86. The van der Waals surface area contributed by atoms with Crippen molar-refractivity contribution < 1.29 is 14.3 Å². The Balaban J connectivity index is 2.50. The maximum Gasteiger partial charge on any atom is 0.348 e. The average Bonchev–Trinajstić information content (AvgIpc) is 2.52. The first-order valence-corrected chi connectivity index (χ1v) is 5.28. The van der Waals surface area contributed by atoms with Crippen LogP contribution >= 0.6 is 22.9 Å². The van der Waals surface area contributed by atoms with Crippen molar-refractivity contribution in [1.82, 2.24) is 0 Å². The lowest BCUT2D eigenvalue weighted by Crippen LogP contribution is -2.18. The van der Waals surface area contributed by atoms with Crippen LogP contribution in [0.2, 0.25) is 4.34 Å². The number of halogens is 1. The largest absolute Gasteiger partial charge is 0.456 e. The highest BCUT2D eigenvalue weighted by atomic mass is 35.5. The van der Waals surface area contributed by atoms with E-state index in [2.05, 4.69) is 0 Å². The molecule has 0 saturated carbocycles. The van der Waals surface area contributed by atoms with E-state index in [4.69, 9.17) is 21.1 Å². The first-order valence-electron chi connectivity index (χ1n) is 4.08. The minimum Gasteiger partial charge on any atom is -0.456 e. The Labute approximate surface area is 91.6 Å². The lowest BCUT2D eigenvalue weighted by atomic mass is 10.4. The van der Waals surface area contributed by atoms with Gasteiger partial charge < -0.3 is 9.47 Å². The van der Waals surface area contributed by atoms with Crippen LogP contribution in [-0.4, -0.2) is 25.8 Å². The number of hydrogen-bond acceptors (Lipinski definition) is 4. The second-order valence-electron chi connectivity index (χ2n) is 2.78. The number of carbonyl (C=O) groups is 1. The molecule has 0 aliphatic heterocycles. The van der Waals surface area contributed by atoms with Crippen LogP contribution in [0.4, 0.5) is 0 Å². The summed E-state index contributed by atoms with van der Waals surface area (Å²) in [4.78, 5) is 11.9. The zero-order valence-corrected chi connectivity index (χ0v) is 9.52. The molecule has 0 N–H and O–H groups in total. The van der Waals surface area contributed by atoms with Crippen LogP contribution in [0.25, 0.3) is 0 Å². The quantitative estimate of drug-likeness (QED) is 0.752. The highest BCUT2D eigenvalue weighted by Gasteiger charge is 2.13. The summed E-state index contributed by atoms with van der Waals surface area (Å²) in [6.45, 7) is 2.17. The van der Waals surface area contributed by atoms with Crippen molar-refractivity contribution in [1.29, 1.82) is 0 Å². The predicted octanol–water partition coefficient (Wildman–Crippen LogP) is 2.59. The van der Waals surface area contributed by atoms with E-state index in [1.54, 1.807) is 26.2 Å². The van der Waals surface area contributed by atoms with Crippen molar-refractivity contribution in [3.05, 3.63) is 21.3 Å². The molecule has 0 aliphatic carbocycles. The van der Waals surface area contributed by atoms with E-state index >= 15 is 0 Å². The second-order valence-corrected chi connectivity index (χ2v) is 4.49. The summed E-state index contributed by atoms with van der Waals surface area (Å²) < 4.78 is 10.5. The van der Waals surface area contributed by atoms with Crippen LogP contribution in [0.1, 0.15) is 16.6 Å². The fourth-order valence-electron chi connectivity index (χ4n) is 0.934. The number of carbonyl (C=O) groups excluding carboxylic acids is 1. The van der Waals surface area contributed by atoms with Gasteiger partial charge in [-0.15, -0.1) is 11.3 Å². The molecular formula is C9H11ClO3S. The molecule has 3 nitrogen and oxygen atoms in total. The molecule has 0 spiro atoms. The molecule has 1 aromatic heterocycles. The zero-order chi connectivity index (χ0) is 10.6. The van der Waals surface area contributed by atoms with Gasteiger partial charge >= 0.3 is 5.97 Å². The molecule has 0 fully saturated rings. The molecule has 78 valence electrons. The van der Waals surface area contributed by atoms with E-state index in [0.29, 0.717) is 15.8 Å². The summed E-state index contributed by atoms with van der Waals surface area (Å²) in [5.41, 5.74) is 0. The van der Waals surface area contributed by atoms with Crippen LogP contribution in [0.5, 0.6) is 0 Å². The molecule has 1 heterocycles. The topological polar surface area (TPSA) is 35.5 Å². The van der Waals surface area contributed by atoms with Crippen molar-refractivity contribution in [3.8, 4) is 0 Å². The summed E-state index contributed by atoms with van der Waals surface area (Å²) in [5.74, 6) is -0.355. The van der Waals surface area contributed by atoms with Crippen LogP contribution in [0.3, 0.4) is 0 Å². The molecular weight excluding hydrogens is 224 g/mol. The minimum atomic E-state index is -0.355. The van der Waals surface area contributed by atoms with Gasteiger partial charge in [-0.2, -0.15) is 0 Å².